The van der Waals surface area contributed by atoms with Gasteiger partial charge in [0.2, 0.25) is 0 Å². The van der Waals surface area contributed by atoms with Crippen molar-refractivity contribution in [1.29, 1.82) is 0 Å². The Labute approximate surface area is 607 Å². The molecular weight excluding hydrogens is 1290 g/mol. The predicted octanol–water partition coefficient (Wildman–Crippen LogP) is 23.6. The van der Waals surface area contributed by atoms with Gasteiger partial charge in [-0.25, -0.2) is 9.13 Å². The second-order valence-electron chi connectivity index (χ2n) is 30.7. The van der Waals surface area contributed by atoms with Gasteiger partial charge >= 0.3 is 39.5 Å². The molecule has 0 rings (SSSR count). The molecule has 0 aromatic rings. The van der Waals surface area contributed by atoms with Crippen molar-refractivity contribution in [3.05, 3.63) is 0 Å². The Morgan fingerprint density at radius 1 is 0.253 bits per heavy atom. The van der Waals surface area contributed by atoms with E-state index < -0.39 is 97.5 Å². The number of ether oxygens (including phenoxy) is 4. The summed E-state index contributed by atoms with van der Waals surface area (Å²) in [4.78, 5) is 73.0. The van der Waals surface area contributed by atoms with Crippen LogP contribution in [0.2, 0.25) is 0 Å². The number of rotatable bonds is 77. The molecule has 99 heavy (non-hydrogen) atoms. The van der Waals surface area contributed by atoms with Crippen LogP contribution in [0.4, 0.5) is 0 Å². The lowest BCUT2D eigenvalue weighted by Gasteiger charge is -2.21. The Kier molecular flexibility index (Phi) is 67.8. The van der Waals surface area contributed by atoms with Gasteiger partial charge in [0.1, 0.15) is 19.3 Å². The summed E-state index contributed by atoms with van der Waals surface area (Å²) in [5.74, 6) is 0.956. The largest absolute Gasteiger partial charge is 0.472 e. The highest BCUT2D eigenvalue weighted by Gasteiger charge is 2.30. The van der Waals surface area contributed by atoms with Gasteiger partial charge in [-0.1, -0.05) is 357 Å². The molecule has 0 aliphatic carbocycles. The summed E-state index contributed by atoms with van der Waals surface area (Å²) in [6.45, 7) is 14.2. The number of esters is 4. The van der Waals surface area contributed by atoms with Gasteiger partial charge in [0.15, 0.2) is 12.2 Å². The van der Waals surface area contributed by atoms with E-state index in [1.54, 1.807) is 0 Å². The molecule has 0 saturated heterocycles. The molecule has 0 aliphatic rings. The molecule has 0 radical (unpaired) electrons. The lowest BCUT2D eigenvalue weighted by atomic mass is 10.0. The van der Waals surface area contributed by atoms with Gasteiger partial charge in [0.05, 0.1) is 26.4 Å². The predicted molar refractivity (Wildman–Crippen MR) is 404 cm³/mol. The zero-order valence-corrected chi connectivity index (χ0v) is 66.9. The van der Waals surface area contributed by atoms with Gasteiger partial charge < -0.3 is 33.8 Å². The number of aliphatic hydroxyl groups is 1. The van der Waals surface area contributed by atoms with Gasteiger partial charge in [0, 0.05) is 25.7 Å². The fraction of sp³-hybridized carbons (Fsp3) is 0.950. The van der Waals surface area contributed by atoms with Crippen molar-refractivity contribution < 1.29 is 80.2 Å². The van der Waals surface area contributed by atoms with E-state index in [9.17, 15) is 43.2 Å². The second-order valence-corrected chi connectivity index (χ2v) is 33.6. The molecule has 3 unspecified atom stereocenters. The van der Waals surface area contributed by atoms with Gasteiger partial charge in [-0.15, -0.1) is 0 Å². The zero-order valence-electron chi connectivity index (χ0n) is 65.1. The maximum atomic E-state index is 13.1. The number of carbonyl (C=O) groups is 4. The molecule has 0 heterocycles. The van der Waals surface area contributed by atoms with Crippen LogP contribution < -0.4 is 0 Å². The van der Waals surface area contributed by atoms with Crippen molar-refractivity contribution in [2.45, 2.75) is 427 Å². The Balaban J connectivity index is 5.24. The van der Waals surface area contributed by atoms with E-state index in [0.717, 1.165) is 114 Å². The van der Waals surface area contributed by atoms with Crippen molar-refractivity contribution in [3.8, 4) is 0 Å². The maximum absolute atomic E-state index is 13.1. The van der Waals surface area contributed by atoms with Gasteiger partial charge in [-0.05, 0) is 49.4 Å². The summed E-state index contributed by atoms with van der Waals surface area (Å²) >= 11 is 0. The van der Waals surface area contributed by atoms with Crippen LogP contribution in [-0.4, -0.2) is 96.7 Å². The number of phosphoric ester groups is 2. The molecule has 0 bridgehead atoms. The first kappa shape index (κ1) is 97.1. The van der Waals surface area contributed by atoms with Crippen molar-refractivity contribution in [3.63, 3.8) is 0 Å². The van der Waals surface area contributed by atoms with E-state index in [1.165, 1.54) is 212 Å². The van der Waals surface area contributed by atoms with E-state index in [-0.39, 0.29) is 25.7 Å². The minimum absolute atomic E-state index is 0.105. The van der Waals surface area contributed by atoms with E-state index in [0.29, 0.717) is 25.7 Å². The quantitative estimate of drug-likeness (QED) is 0.0222. The Hall–Kier alpha value is -1.94. The van der Waals surface area contributed by atoms with Crippen molar-refractivity contribution in [2.75, 3.05) is 39.6 Å². The summed E-state index contributed by atoms with van der Waals surface area (Å²) in [5.41, 5.74) is 0. The first-order valence-corrected chi connectivity index (χ1v) is 44.2. The topological polar surface area (TPSA) is 237 Å². The van der Waals surface area contributed by atoms with E-state index in [1.807, 2.05) is 0 Å². The number of carbonyl (C=O) groups excluding carboxylic acids is 4. The summed E-state index contributed by atoms with van der Waals surface area (Å²) in [6.07, 6.45) is 55.6. The standard InChI is InChI=1S/C80H156O17P2/c1-70(2)56-48-40-32-24-19-15-11-9-13-17-21-27-36-44-52-60-77(82)90-66-75(96-79(84)62-54-46-38-28-22-18-14-10-12-16-20-25-33-41-49-57-71(3)4)68-94-98(86,87)92-64-74(81)65-93-99(88,89)95-69-76(67-91-78(83)61-53-45-37-31-30-35-43-51-59-73(7)8)97-80(85)63-55-47-39-29-23-26-34-42-50-58-72(5)6/h70-76,81H,9-69H2,1-8H3,(H,86,87)(H,88,89)/t74?,75-,76-/m1/s1. The van der Waals surface area contributed by atoms with Gasteiger partial charge in [-0.2, -0.15) is 0 Å². The Bertz CT molecular complexity index is 1940. The third-order valence-corrected chi connectivity index (χ3v) is 20.5. The van der Waals surface area contributed by atoms with E-state index in [2.05, 4.69) is 55.4 Å². The highest BCUT2D eigenvalue weighted by molar-refractivity contribution is 7.47. The third kappa shape index (κ3) is 74.1. The number of unbranched alkanes of at least 4 members (excludes halogenated alkanes) is 43. The summed E-state index contributed by atoms with van der Waals surface area (Å²) in [5, 5.41) is 10.6. The van der Waals surface area contributed by atoms with E-state index in [4.69, 9.17) is 37.0 Å². The van der Waals surface area contributed by atoms with Gasteiger partial charge in [-0.3, -0.25) is 37.3 Å². The minimum Gasteiger partial charge on any atom is -0.462 e. The normalized spacial score (nSPS) is 14.1. The van der Waals surface area contributed by atoms with Crippen LogP contribution in [0.25, 0.3) is 0 Å². The van der Waals surface area contributed by atoms with Crippen LogP contribution in [0.1, 0.15) is 409 Å². The first-order chi connectivity index (χ1) is 47.6. The number of hydrogen-bond acceptors (Lipinski definition) is 15. The van der Waals surface area contributed by atoms with Crippen LogP contribution in [0, 0.1) is 23.7 Å². The average molecular weight is 1450 g/mol. The second kappa shape index (κ2) is 69.1. The molecule has 5 atom stereocenters. The van der Waals surface area contributed by atoms with Crippen LogP contribution in [0.15, 0.2) is 0 Å². The third-order valence-electron chi connectivity index (χ3n) is 18.6. The zero-order chi connectivity index (χ0) is 73.1. The minimum atomic E-state index is -4.96. The number of hydrogen-bond donors (Lipinski definition) is 3. The number of phosphoric acid groups is 2. The molecule has 0 aromatic carbocycles. The SMILES string of the molecule is CC(C)CCCCCCCCCCCCCCCCCC(=O)OC[C@H](COP(=O)(O)OCC(O)COP(=O)(O)OC[C@@H](COC(=O)CCCCCCCCCCC(C)C)OC(=O)CCCCCCCCCCCC(C)C)OC(=O)CCCCCCCCCCCCCCCCCC(C)C. The lowest BCUT2D eigenvalue weighted by molar-refractivity contribution is -0.161. The summed E-state index contributed by atoms with van der Waals surface area (Å²) < 4.78 is 68.7. The molecule has 3 N–H and O–H groups in total. The average Bonchev–Trinajstić information content (AvgIpc) is 0.949. The van der Waals surface area contributed by atoms with Crippen molar-refractivity contribution >= 4 is 39.5 Å². The van der Waals surface area contributed by atoms with E-state index >= 15 is 0 Å². The Morgan fingerprint density at radius 2 is 0.424 bits per heavy atom. The molecule has 17 nitrogen and oxygen atoms in total. The van der Waals surface area contributed by atoms with Crippen LogP contribution >= 0.6 is 15.6 Å². The molecule has 0 aromatic heterocycles. The number of aliphatic hydroxyl groups excluding tert-OH is 1. The smallest absolute Gasteiger partial charge is 0.462 e. The van der Waals surface area contributed by atoms with Crippen LogP contribution in [0.5, 0.6) is 0 Å². The molecule has 0 fully saturated rings. The summed E-state index contributed by atoms with van der Waals surface area (Å²) in [7, 11) is -9.92. The maximum Gasteiger partial charge on any atom is 0.472 e. The fourth-order valence-electron chi connectivity index (χ4n) is 12.3. The highest BCUT2D eigenvalue weighted by Crippen LogP contribution is 2.45. The van der Waals surface area contributed by atoms with Crippen LogP contribution in [0.3, 0.4) is 0 Å². The van der Waals surface area contributed by atoms with Crippen LogP contribution in [-0.2, 0) is 65.4 Å². The van der Waals surface area contributed by atoms with Crippen molar-refractivity contribution in [1.82, 2.24) is 0 Å². The summed E-state index contributed by atoms with van der Waals surface area (Å²) in [6, 6.07) is 0. The first-order valence-electron chi connectivity index (χ1n) is 41.2. The molecule has 0 spiro atoms. The monoisotopic (exact) mass is 1450 g/mol. The molecule has 588 valence electrons. The van der Waals surface area contributed by atoms with Gasteiger partial charge in [0.25, 0.3) is 0 Å². The molecule has 0 amide bonds. The Morgan fingerprint density at radius 3 is 0.626 bits per heavy atom. The fourth-order valence-corrected chi connectivity index (χ4v) is 13.8. The molecular formula is C80H156O17P2. The molecule has 19 heteroatoms. The lowest BCUT2D eigenvalue weighted by Crippen LogP contribution is -2.30. The highest BCUT2D eigenvalue weighted by atomic mass is 31.2. The molecule has 0 aliphatic heterocycles. The molecule has 0 saturated carbocycles. The van der Waals surface area contributed by atoms with Crippen molar-refractivity contribution in [2.24, 2.45) is 23.7 Å².